The fraction of sp³-hybridized carbons (Fsp3) is 0.0690. The highest BCUT2D eigenvalue weighted by Crippen LogP contribution is 2.33. The van der Waals surface area contributed by atoms with E-state index in [9.17, 15) is 14.4 Å². The third-order valence-corrected chi connectivity index (χ3v) is 6.88. The first-order chi connectivity index (χ1) is 18.0. The van der Waals surface area contributed by atoms with Gasteiger partial charge in [-0.3, -0.25) is 14.5 Å². The number of rotatable bonds is 7. The Morgan fingerprint density at radius 2 is 1.68 bits per heavy atom. The lowest BCUT2D eigenvalue weighted by atomic mass is 10.0. The highest BCUT2D eigenvalue weighted by Gasteiger charge is 2.34. The van der Waals surface area contributed by atoms with Gasteiger partial charge >= 0.3 is 5.97 Å². The summed E-state index contributed by atoms with van der Waals surface area (Å²) in [6.45, 7) is 0.213. The van der Waals surface area contributed by atoms with Gasteiger partial charge in [-0.05, 0) is 64.5 Å². The topological polar surface area (TPSA) is 72.9 Å². The zero-order valence-electron chi connectivity index (χ0n) is 19.4. The molecule has 6 nitrogen and oxygen atoms in total. The van der Waals surface area contributed by atoms with Crippen LogP contribution >= 0.6 is 23.4 Å². The SMILES string of the molecule is O=C(Oc1cccc(/C=C2\SC(=O)N(CCOc3ccccc3Cl)C2=O)c1)c1cccc2ccccc12. The third-order valence-electron chi connectivity index (χ3n) is 5.66. The predicted molar refractivity (Wildman–Crippen MR) is 145 cm³/mol. The zero-order valence-corrected chi connectivity index (χ0v) is 21.0. The van der Waals surface area contributed by atoms with E-state index in [-0.39, 0.29) is 23.3 Å². The molecule has 0 aromatic heterocycles. The second kappa shape index (κ2) is 10.9. The van der Waals surface area contributed by atoms with Crippen molar-refractivity contribution in [1.29, 1.82) is 0 Å². The van der Waals surface area contributed by atoms with Gasteiger partial charge in [0.25, 0.3) is 11.1 Å². The minimum atomic E-state index is -0.479. The lowest BCUT2D eigenvalue weighted by molar-refractivity contribution is -0.123. The van der Waals surface area contributed by atoms with E-state index in [2.05, 4.69) is 0 Å². The van der Waals surface area contributed by atoms with E-state index < -0.39 is 11.9 Å². The number of fused-ring (bicyclic) bond motifs is 1. The molecule has 1 fully saturated rings. The maximum Gasteiger partial charge on any atom is 0.344 e. The molecular formula is C29H20ClNO5S. The Labute approximate surface area is 222 Å². The van der Waals surface area contributed by atoms with E-state index in [1.54, 1.807) is 60.7 Å². The maximum atomic E-state index is 12.9. The first-order valence-electron chi connectivity index (χ1n) is 11.4. The van der Waals surface area contributed by atoms with Gasteiger partial charge in [-0.25, -0.2) is 4.79 Å². The molecule has 0 radical (unpaired) electrons. The zero-order chi connectivity index (χ0) is 25.8. The van der Waals surface area contributed by atoms with Crippen molar-refractivity contribution in [1.82, 2.24) is 4.90 Å². The smallest absolute Gasteiger partial charge is 0.344 e. The van der Waals surface area contributed by atoms with Crippen LogP contribution in [0.1, 0.15) is 15.9 Å². The van der Waals surface area contributed by atoms with Crippen LogP contribution in [-0.4, -0.2) is 35.2 Å². The van der Waals surface area contributed by atoms with Gasteiger partial charge in [0.1, 0.15) is 18.1 Å². The van der Waals surface area contributed by atoms with Crippen LogP contribution in [-0.2, 0) is 4.79 Å². The molecule has 8 heteroatoms. The van der Waals surface area contributed by atoms with Crippen molar-refractivity contribution >= 4 is 57.3 Å². The van der Waals surface area contributed by atoms with Crippen LogP contribution in [0.25, 0.3) is 16.8 Å². The molecule has 1 aliphatic heterocycles. The average molecular weight is 530 g/mol. The van der Waals surface area contributed by atoms with Crippen LogP contribution in [0.4, 0.5) is 4.79 Å². The molecule has 4 aromatic rings. The van der Waals surface area contributed by atoms with Gasteiger partial charge in [0, 0.05) is 0 Å². The third kappa shape index (κ3) is 5.53. The number of carbonyl (C=O) groups excluding carboxylic acids is 3. The van der Waals surface area contributed by atoms with Crippen LogP contribution < -0.4 is 9.47 Å². The van der Waals surface area contributed by atoms with E-state index in [1.807, 2.05) is 36.4 Å². The van der Waals surface area contributed by atoms with Gasteiger partial charge in [0.05, 0.1) is 22.0 Å². The Hall–Kier alpha value is -4.07. The molecule has 1 saturated heterocycles. The van der Waals surface area contributed by atoms with Crippen molar-refractivity contribution in [2.45, 2.75) is 0 Å². The molecule has 0 atom stereocenters. The molecule has 184 valence electrons. The minimum absolute atomic E-state index is 0.0932. The normalized spacial score (nSPS) is 14.4. The molecular weight excluding hydrogens is 510 g/mol. The number of hydrogen-bond donors (Lipinski definition) is 0. The van der Waals surface area contributed by atoms with Crippen molar-refractivity contribution in [3.8, 4) is 11.5 Å². The molecule has 0 bridgehead atoms. The van der Waals surface area contributed by atoms with Gasteiger partial charge in [-0.2, -0.15) is 0 Å². The number of para-hydroxylation sites is 1. The van der Waals surface area contributed by atoms with E-state index in [1.165, 1.54) is 0 Å². The molecule has 1 aliphatic rings. The summed E-state index contributed by atoms with van der Waals surface area (Å²) in [6.07, 6.45) is 1.61. The molecule has 5 rings (SSSR count). The van der Waals surface area contributed by atoms with Crippen molar-refractivity contribution < 1.29 is 23.9 Å². The quantitative estimate of drug-likeness (QED) is 0.148. The first-order valence-corrected chi connectivity index (χ1v) is 12.6. The highest BCUT2D eigenvalue weighted by molar-refractivity contribution is 8.18. The van der Waals surface area contributed by atoms with Gasteiger partial charge in [0.15, 0.2) is 0 Å². The maximum absolute atomic E-state index is 12.9. The second-order valence-electron chi connectivity index (χ2n) is 8.10. The Balaban J connectivity index is 1.26. The van der Waals surface area contributed by atoms with Crippen LogP contribution in [0.5, 0.6) is 11.5 Å². The molecule has 0 spiro atoms. The van der Waals surface area contributed by atoms with E-state index >= 15 is 0 Å². The van der Waals surface area contributed by atoms with Gasteiger partial charge < -0.3 is 9.47 Å². The van der Waals surface area contributed by atoms with Crippen molar-refractivity contribution in [3.63, 3.8) is 0 Å². The first kappa shape index (κ1) is 24.6. The summed E-state index contributed by atoms with van der Waals surface area (Å²) in [6, 6.07) is 26.9. The van der Waals surface area contributed by atoms with Crippen molar-refractivity contribution in [2.75, 3.05) is 13.2 Å². The van der Waals surface area contributed by atoms with Crippen LogP contribution in [0.3, 0.4) is 0 Å². The number of thioether (sulfide) groups is 1. The number of amides is 2. The molecule has 2 amide bonds. The van der Waals surface area contributed by atoms with E-state index in [4.69, 9.17) is 21.1 Å². The summed E-state index contributed by atoms with van der Waals surface area (Å²) in [5.41, 5.74) is 1.09. The van der Waals surface area contributed by atoms with Crippen molar-refractivity contribution in [2.24, 2.45) is 0 Å². The Morgan fingerprint density at radius 3 is 2.54 bits per heavy atom. The average Bonchev–Trinajstić information content (AvgIpc) is 3.17. The second-order valence-corrected chi connectivity index (χ2v) is 9.50. The molecule has 37 heavy (non-hydrogen) atoms. The van der Waals surface area contributed by atoms with Gasteiger partial charge in [-0.15, -0.1) is 0 Å². The number of hydrogen-bond acceptors (Lipinski definition) is 6. The largest absolute Gasteiger partial charge is 0.490 e. The number of esters is 1. The summed E-state index contributed by atoms with van der Waals surface area (Å²) < 4.78 is 11.2. The number of imide groups is 1. The highest BCUT2D eigenvalue weighted by atomic mass is 35.5. The number of halogens is 1. The summed E-state index contributed by atoms with van der Waals surface area (Å²) in [7, 11) is 0. The summed E-state index contributed by atoms with van der Waals surface area (Å²) in [4.78, 5) is 39.6. The summed E-state index contributed by atoms with van der Waals surface area (Å²) in [5.74, 6) is -0.0655. The fourth-order valence-electron chi connectivity index (χ4n) is 3.89. The Bertz CT molecular complexity index is 1550. The lowest BCUT2D eigenvalue weighted by Crippen LogP contribution is -2.32. The molecule has 0 aliphatic carbocycles. The molecule has 0 N–H and O–H groups in total. The van der Waals surface area contributed by atoms with E-state index in [0.29, 0.717) is 27.6 Å². The van der Waals surface area contributed by atoms with Crippen LogP contribution in [0, 0.1) is 0 Å². The molecule has 4 aromatic carbocycles. The molecule has 0 saturated carbocycles. The van der Waals surface area contributed by atoms with Crippen molar-refractivity contribution in [3.05, 3.63) is 112 Å². The fourth-order valence-corrected chi connectivity index (χ4v) is 4.94. The Morgan fingerprint density at radius 1 is 0.919 bits per heavy atom. The number of carbonyl (C=O) groups is 3. The number of ether oxygens (including phenoxy) is 2. The van der Waals surface area contributed by atoms with Gasteiger partial charge in [0.2, 0.25) is 0 Å². The number of benzene rings is 4. The Kier molecular flexibility index (Phi) is 7.25. The standard InChI is InChI=1S/C29H20ClNO5S/c30-24-13-3-4-14-25(24)35-16-15-31-27(32)26(37-29(31)34)18-19-7-5-10-21(17-19)36-28(33)23-12-6-9-20-8-1-2-11-22(20)23/h1-14,17-18H,15-16H2/b26-18-. The molecule has 1 heterocycles. The summed E-state index contributed by atoms with van der Waals surface area (Å²) in [5, 5.41) is 1.83. The van der Waals surface area contributed by atoms with Crippen LogP contribution in [0.15, 0.2) is 95.9 Å². The minimum Gasteiger partial charge on any atom is -0.490 e. The van der Waals surface area contributed by atoms with Gasteiger partial charge in [-0.1, -0.05) is 72.3 Å². The van der Waals surface area contributed by atoms with E-state index in [0.717, 1.165) is 27.4 Å². The number of nitrogens with zero attached hydrogens (tertiary/aromatic N) is 1. The lowest BCUT2D eigenvalue weighted by Gasteiger charge is -2.13. The summed E-state index contributed by atoms with van der Waals surface area (Å²) >= 11 is 6.93. The monoisotopic (exact) mass is 529 g/mol. The predicted octanol–water partition coefficient (Wildman–Crippen LogP) is 6.83. The van der Waals surface area contributed by atoms with Crippen LogP contribution in [0.2, 0.25) is 5.02 Å². The molecule has 0 unspecified atom stereocenters.